The zero-order chi connectivity index (χ0) is 9.26. The first-order valence-corrected chi connectivity index (χ1v) is 3.84. The van der Waals surface area contributed by atoms with Crippen molar-refractivity contribution in [3.63, 3.8) is 0 Å². The summed E-state index contributed by atoms with van der Waals surface area (Å²) < 4.78 is 4.84. The van der Waals surface area contributed by atoms with Crippen LogP contribution in [0, 0.1) is 0 Å². The Labute approximate surface area is 74.2 Å². The van der Waals surface area contributed by atoms with Gasteiger partial charge in [-0.25, -0.2) is 0 Å². The van der Waals surface area contributed by atoms with Crippen LogP contribution in [0.2, 0.25) is 0 Å². The van der Waals surface area contributed by atoms with Gasteiger partial charge in [0.25, 0.3) is 11.6 Å². The molecule has 0 fully saturated rings. The summed E-state index contributed by atoms with van der Waals surface area (Å²) in [5.41, 5.74) is 0.463. The fourth-order valence-corrected chi connectivity index (χ4v) is 1.16. The van der Waals surface area contributed by atoms with Crippen molar-refractivity contribution in [1.82, 2.24) is 9.97 Å². The topological polar surface area (TPSA) is 55.0 Å². The Morgan fingerprint density at radius 2 is 2.15 bits per heavy atom. The minimum atomic E-state index is -0.178. The van der Waals surface area contributed by atoms with E-state index in [-0.39, 0.29) is 11.6 Å². The van der Waals surface area contributed by atoms with E-state index < -0.39 is 0 Å². The van der Waals surface area contributed by atoms with Crippen molar-refractivity contribution in [2.24, 2.45) is 0 Å². The Morgan fingerprint density at radius 3 is 2.92 bits per heavy atom. The number of hydrogen-bond donors (Lipinski definition) is 1. The van der Waals surface area contributed by atoms with Crippen molar-refractivity contribution in [2.75, 3.05) is 7.11 Å². The maximum atomic E-state index is 11.4. The van der Waals surface area contributed by atoms with E-state index in [0.29, 0.717) is 10.9 Å². The van der Waals surface area contributed by atoms with Gasteiger partial charge in [-0.15, -0.1) is 0 Å². The third kappa shape index (κ3) is 1.26. The third-order valence-corrected chi connectivity index (χ3v) is 1.78. The van der Waals surface area contributed by atoms with Crippen LogP contribution in [-0.2, 0) is 0 Å². The average Bonchev–Trinajstić information content (AvgIpc) is 2.18. The van der Waals surface area contributed by atoms with E-state index in [1.165, 1.54) is 7.11 Å². The van der Waals surface area contributed by atoms with Gasteiger partial charge in [0.2, 0.25) is 0 Å². The van der Waals surface area contributed by atoms with E-state index in [4.69, 9.17) is 4.74 Å². The second-order valence-electron chi connectivity index (χ2n) is 2.59. The van der Waals surface area contributed by atoms with E-state index in [2.05, 4.69) is 9.97 Å². The molecule has 1 N–H and O–H groups in total. The van der Waals surface area contributed by atoms with Crippen molar-refractivity contribution in [1.29, 1.82) is 0 Å². The van der Waals surface area contributed by atoms with Gasteiger partial charge >= 0.3 is 0 Å². The first kappa shape index (κ1) is 7.79. The zero-order valence-electron chi connectivity index (χ0n) is 7.07. The SMILES string of the molecule is COc1nc2ccccc2c(=O)[nH]1. The Bertz CT molecular complexity index is 490. The number of para-hydroxylation sites is 1. The van der Waals surface area contributed by atoms with E-state index in [9.17, 15) is 4.79 Å². The number of aromatic amines is 1. The molecule has 2 aromatic rings. The van der Waals surface area contributed by atoms with Crippen molar-refractivity contribution in [3.05, 3.63) is 34.6 Å². The zero-order valence-corrected chi connectivity index (χ0v) is 7.07. The van der Waals surface area contributed by atoms with Crippen LogP contribution in [0.15, 0.2) is 29.1 Å². The van der Waals surface area contributed by atoms with Gasteiger partial charge in [0, 0.05) is 0 Å². The molecule has 0 saturated heterocycles. The molecule has 66 valence electrons. The number of ether oxygens (including phenoxy) is 1. The summed E-state index contributed by atoms with van der Waals surface area (Å²) in [5.74, 6) is 0. The fraction of sp³-hybridized carbons (Fsp3) is 0.111. The first-order chi connectivity index (χ1) is 6.31. The standard InChI is InChI=1S/C9H8N2O2/c1-13-9-10-7-5-3-2-4-6(7)8(12)11-9/h2-5H,1H3,(H,10,11,12). The summed E-state index contributed by atoms with van der Waals surface area (Å²) in [7, 11) is 1.47. The van der Waals surface area contributed by atoms with Gasteiger partial charge in [0.05, 0.1) is 18.0 Å². The second-order valence-corrected chi connectivity index (χ2v) is 2.59. The Balaban J connectivity index is 2.85. The molecule has 0 amide bonds. The summed E-state index contributed by atoms with van der Waals surface area (Å²) in [4.78, 5) is 18.0. The molecule has 1 heterocycles. The monoisotopic (exact) mass is 176 g/mol. The van der Waals surface area contributed by atoms with Gasteiger partial charge in [0.15, 0.2) is 0 Å². The molecule has 0 aliphatic carbocycles. The van der Waals surface area contributed by atoms with Crippen LogP contribution < -0.4 is 10.3 Å². The van der Waals surface area contributed by atoms with Gasteiger partial charge < -0.3 is 4.74 Å². The maximum absolute atomic E-state index is 11.4. The highest BCUT2D eigenvalue weighted by Crippen LogP contribution is 2.08. The lowest BCUT2D eigenvalue weighted by atomic mass is 10.2. The molecule has 0 spiro atoms. The lowest BCUT2D eigenvalue weighted by Crippen LogP contribution is -2.09. The Hall–Kier alpha value is -1.84. The molecule has 0 radical (unpaired) electrons. The van der Waals surface area contributed by atoms with Crippen LogP contribution in [0.5, 0.6) is 6.01 Å². The van der Waals surface area contributed by atoms with Gasteiger partial charge in [-0.1, -0.05) is 12.1 Å². The maximum Gasteiger partial charge on any atom is 0.296 e. The van der Waals surface area contributed by atoms with Crippen LogP contribution in [-0.4, -0.2) is 17.1 Å². The van der Waals surface area contributed by atoms with E-state index >= 15 is 0 Å². The van der Waals surface area contributed by atoms with E-state index in [1.54, 1.807) is 18.2 Å². The van der Waals surface area contributed by atoms with Gasteiger partial charge in [-0.2, -0.15) is 4.98 Å². The Kier molecular flexibility index (Phi) is 1.73. The summed E-state index contributed by atoms with van der Waals surface area (Å²) in [5, 5.41) is 0.573. The van der Waals surface area contributed by atoms with Crippen LogP contribution in [0.3, 0.4) is 0 Å². The smallest absolute Gasteiger partial charge is 0.296 e. The molecule has 13 heavy (non-hydrogen) atoms. The molecule has 0 bridgehead atoms. The fourth-order valence-electron chi connectivity index (χ4n) is 1.16. The number of H-pyrrole nitrogens is 1. The Morgan fingerprint density at radius 1 is 1.38 bits per heavy atom. The number of rotatable bonds is 1. The minimum Gasteiger partial charge on any atom is -0.468 e. The molecule has 1 aromatic heterocycles. The van der Waals surface area contributed by atoms with Crippen molar-refractivity contribution in [3.8, 4) is 6.01 Å². The highest BCUT2D eigenvalue weighted by molar-refractivity contribution is 5.77. The summed E-state index contributed by atoms with van der Waals surface area (Å²) in [6.45, 7) is 0. The highest BCUT2D eigenvalue weighted by Gasteiger charge is 2.01. The molecule has 0 aliphatic rings. The van der Waals surface area contributed by atoms with E-state index in [1.807, 2.05) is 6.07 Å². The first-order valence-electron chi connectivity index (χ1n) is 3.84. The number of hydrogen-bond acceptors (Lipinski definition) is 3. The van der Waals surface area contributed by atoms with Crippen LogP contribution >= 0.6 is 0 Å². The predicted molar refractivity (Wildman–Crippen MR) is 48.9 cm³/mol. The quantitative estimate of drug-likeness (QED) is 0.703. The molecule has 0 unspecified atom stereocenters. The molecule has 2 rings (SSSR count). The van der Waals surface area contributed by atoms with Gasteiger partial charge in [0.1, 0.15) is 0 Å². The number of fused-ring (bicyclic) bond motifs is 1. The molecule has 4 nitrogen and oxygen atoms in total. The molecule has 0 aliphatic heterocycles. The van der Waals surface area contributed by atoms with Crippen molar-refractivity contribution >= 4 is 10.9 Å². The molecule has 0 saturated carbocycles. The third-order valence-electron chi connectivity index (χ3n) is 1.78. The number of aromatic nitrogens is 2. The molecule has 4 heteroatoms. The highest BCUT2D eigenvalue weighted by atomic mass is 16.5. The molecule has 1 aromatic carbocycles. The predicted octanol–water partition coefficient (Wildman–Crippen LogP) is 0.932. The van der Waals surface area contributed by atoms with Gasteiger partial charge in [-0.3, -0.25) is 9.78 Å². The molecular formula is C9H8N2O2. The lowest BCUT2D eigenvalue weighted by Gasteiger charge is -1.99. The average molecular weight is 176 g/mol. The largest absolute Gasteiger partial charge is 0.468 e. The van der Waals surface area contributed by atoms with Crippen molar-refractivity contribution in [2.45, 2.75) is 0 Å². The van der Waals surface area contributed by atoms with E-state index in [0.717, 1.165) is 0 Å². The molecule has 0 atom stereocenters. The van der Waals surface area contributed by atoms with Crippen molar-refractivity contribution < 1.29 is 4.74 Å². The summed E-state index contributed by atoms with van der Waals surface area (Å²) >= 11 is 0. The van der Waals surface area contributed by atoms with Crippen LogP contribution in [0.1, 0.15) is 0 Å². The van der Waals surface area contributed by atoms with Gasteiger partial charge in [-0.05, 0) is 12.1 Å². The number of methoxy groups -OCH3 is 1. The lowest BCUT2D eigenvalue weighted by molar-refractivity contribution is 0.380. The number of nitrogens with one attached hydrogen (secondary N) is 1. The normalized spacial score (nSPS) is 10.2. The summed E-state index contributed by atoms with van der Waals surface area (Å²) in [6.07, 6.45) is 0. The molecular weight excluding hydrogens is 168 g/mol. The van der Waals surface area contributed by atoms with Crippen LogP contribution in [0.4, 0.5) is 0 Å². The second kappa shape index (κ2) is 2.90. The number of nitrogens with zero attached hydrogens (tertiary/aromatic N) is 1. The number of benzene rings is 1. The minimum absolute atomic E-state index is 0.178. The summed E-state index contributed by atoms with van der Waals surface area (Å²) in [6, 6.07) is 7.36. The van der Waals surface area contributed by atoms with Crippen LogP contribution in [0.25, 0.3) is 10.9 Å².